The molecule has 0 saturated carbocycles. The summed E-state index contributed by atoms with van der Waals surface area (Å²) in [5.41, 5.74) is -1.24. The van der Waals surface area contributed by atoms with Crippen LogP contribution < -0.4 is 0 Å². The smallest absolute Gasteiger partial charge is 0.385 e. The zero-order valence-corrected chi connectivity index (χ0v) is 15.9. The van der Waals surface area contributed by atoms with Gasteiger partial charge in [-0.15, -0.1) is 0 Å². The second kappa shape index (κ2) is 7.81. The van der Waals surface area contributed by atoms with E-state index in [2.05, 4.69) is 10.1 Å². The molecule has 1 aliphatic heterocycles. The molecule has 1 saturated heterocycles. The first-order valence-corrected chi connectivity index (χ1v) is 9.45. The Labute approximate surface area is 169 Å². The Balaban J connectivity index is 1.39. The number of likely N-dealkylation sites (tertiary alicyclic amines) is 1. The third-order valence-electron chi connectivity index (χ3n) is 5.36. The fraction of sp³-hybridized carbons (Fsp3) is 0.333. The van der Waals surface area contributed by atoms with Crippen LogP contribution in [0.15, 0.2) is 53.1 Å². The van der Waals surface area contributed by atoms with E-state index in [1.165, 1.54) is 18.2 Å². The van der Waals surface area contributed by atoms with Crippen LogP contribution in [0.1, 0.15) is 29.9 Å². The Kier molecular flexibility index (Phi) is 5.33. The van der Waals surface area contributed by atoms with Crippen molar-refractivity contribution in [1.29, 1.82) is 0 Å². The molecule has 0 radical (unpaired) electrons. The molecule has 1 aromatic heterocycles. The van der Waals surface area contributed by atoms with Crippen LogP contribution in [0.5, 0.6) is 0 Å². The van der Waals surface area contributed by atoms with Crippen LogP contribution in [-0.2, 0) is 18.3 Å². The van der Waals surface area contributed by atoms with Crippen molar-refractivity contribution in [3.63, 3.8) is 0 Å². The summed E-state index contributed by atoms with van der Waals surface area (Å²) in [6.07, 6.45) is -3.69. The molecule has 2 heterocycles. The highest BCUT2D eigenvalue weighted by Gasteiger charge is 2.36. The predicted molar refractivity (Wildman–Crippen MR) is 99.5 cm³/mol. The van der Waals surface area contributed by atoms with Crippen molar-refractivity contribution in [2.24, 2.45) is 0 Å². The Morgan fingerprint density at radius 1 is 1.03 bits per heavy atom. The molecule has 1 N–H and O–H groups in total. The molecule has 0 bridgehead atoms. The van der Waals surface area contributed by atoms with Crippen LogP contribution in [0, 0.1) is 5.82 Å². The molecule has 30 heavy (non-hydrogen) atoms. The van der Waals surface area contributed by atoms with Gasteiger partial charge in [0.2, 0.25) is 11.7 Å². The predicted octanol–water partition coefficient (Wildman–Crippen LogP) is 4.38. The zero-order chi connectivity index (χ0) is 21.4. The second-order valence-electron chi connectivity index (χ2n) is 7.37. The van der Waals surface area contributed by atoms with E-state index in [9.17, 15) is 22.7 Å². The van der Waals surface area contributed by atoms with Crippen LogP contribution in [0.4, 0.5) is 17.6 Å². The summed E-state index contributed by atoms with van der Waals surface area (Å²) in [6.45, 7) is 1.34. The van der Waals surface area contributed by atoms with Gasteiger partial charge in [0.25, 0.3) is 0 Å². The molecule has 158 valence electrons. The topological polar surface area (TPSA) is 62.4 Å². The van der Waals surface area contributed by atoms with E-state index in [4.69, 9.17) is 4.52 Å². The van der Waals surface area contributed by atoms with Crippen LogP contribution in [0.25, 0.3) is 11.4 Å². The van der Waals surface area contributed by atoms with Gasteiger partial charge in [-0.3, -0.25) is 4.90 Å². The minimum atomic E-state index is -4.40. The van der Waals surface area contributed by atoms with E-state index in [1.54, 1.807) is 18.2 Å². The number of hydrogen-bond donors (Lipinski definition) is 1. The number of aromatic nitrogens is 2. The molecular formula is C21H19F4N3O2. The maximum atomic E-state index is 14.0. The van der Waals surface area contributed by atoms with Gasteiger partial charge >= 0.3 is 6.18 Å². The lowest BCUT2D eigenvalue weighted by atomic mass is 9.84. The molecule has 0 amide bonds. The monoisotopic (exact) mass is 421 g/mol. The van der Waals surface area contributed by atoms with Crippen molar-refractivity contribution < 1.29 is 27.2 Å². The van der Waals surface area contributed by atoms with Gasteiger partial charge < -0.3 is 9.63 Å². The van der Waals surface area contributed by atoms with E-state index in [0.29, 0.717) is 49.5 Å². The average Bonchev–Trinajstić information content (AvgIpc) is 3.18. The molecule has 1 aliphatic rings. The van der Waals surface area contributed by atoms with Crippen molar-refractivity contribution in [2.45, 2.75) is 31.2 Å². The Hall–Kier alpha value is -2.78. The lowest BCUT2D eigenvalue weighted by Gasteiger charge is -2.38. The van der Waals surface area contributed by atoms with Crippen LogP contribution in [0.3, 0.4) is 0 Å². The molecule has 0 unspecified atom stereocenters. The van der Waals surface area contributed by atoms with E-state index in [0.717, 1.165) is 12.1 Å². The Morgan fingerprint density at radius 3 is 2.33 bits per heavy atom. The van der Waals surface area contributed by atoms with Gasteiger partial charge in [-0.1, -0.05) is 35.5 Å². The standard InChI is InChI=1S/C21H19F4N3O2/c22-17-4-2-1-3-16(17)20(29)9-11-28(12-10-20)13-18-26-19(27-30-18)14-5-7-15(8-6-14)21(23,24)25/h1-8,29H,9-13H2. The van der Waals surface area contributed by atoms with E-state index in [-0.39, 0.29) is 5.82 Å². The third kappa shape index (κ3) is 4.22. The number of hydrogen-bond acceptors (Lipinski definition) is 5. The Bertz CT molecular complexity index is 1010. The first-order valence-electron chi connectivity index (χ1n) is 9.45. The maximum Gasteiger partial charge on any atom is 0.416 e. The number of benzene rings is 2. The fourth-order valence-corrected chi connectivity index (χ4v) is 3.62. The van der Waals surface area contributed by atoms with Gasteiger partial charge in [-0.05, 0) is 31.0 Å². The lowest BCUT2D eigenvalue weighted by Crippen LogP contribution is -2.42. The molecule has 3 aromatic rings. The second-order valence-corrected chi connectivity index (χ2v) is 7.37. The maximum absolute atomic E-state index is 14.0. The summed E-state index contributed by atoms with van der Waals surface area (Å²) in [7, 11) is 0. The highest BCUT2D eigenvalue weighted by atomic mass is 19.4. The number of halogens is 4. The molecule has 5 nitrogen and oxygen atoms in total. The largest absolute Gasteiger partial charge is 0.416 e. The van der Waals surface area contributed by atoms with Gasteiger partial charge in [0, 0.05) is 24.2 Å². The normalized spacial score (nSPS) is 17.2. The highest BCUT2D eigenvalue weighted by Crippen LogP contribution is 2.35. The molecule has 0 spiro atoms. The minimum Gasteiger partial charge on any atom is -0.385 e. The van der Waals surface area contributed by atoms with Gasteiger partial charge in [-0.25, -0.2) is 4.39 Å². The Morgan fingerprint density at radius 2 is 1.70 bits per heavy atom. The number of alkyl halides is 3. The molecule has 9 heteroatoms. The van der Waals surface area contributed by atoms with Gasteiger partial charge in [0.1, 0.15) is 5.82 Å². The quantitative estimate of drug-likeness (QED) is 0.634. The lowest BCUT2D eigenvalue weighted by molar-refractivity contribution is -0.137. The van der Waals surface area contributed by atoms with Crippen molar-refractivity contribution in [1.82, 2.24) is 15.0 Å². The van der Waals surface area contributed by atoms with Crippen molar-refractivity contribution >= 4 is 0 Å². The van der Waals surface area contributed by atoms with E-state index < -0.39 is 23.2 Å². The van der Waals surface area contributed by atoms with E-state index >= 15 is 0 Å². The van der Waals surface area contributed by atoms with Crippen LogP contribution >= 0.6 is 0 Å². The van der Waals surface area contributed by atoms with Gasteiger partial charge in [0.05, 0.1) is 17.7 Å². The summed E-state index contributed by atoms with van der Waals surface area (Å²) in [5, 5.41) is 14.7. The number of nitrogens with zero attached hydrogens (tertiary/aromatic N) is 3. The minimum absolute atomic E-state index is 0.207. The molecule has 4 rings (SSSR count). The molecule has 2 aromatic carbocycles. The van der Waals surface area contributed by atoms with Crippen molar-refractivity contribution in [2.75, 3.05) is 13.1 Å². The summed E-state index contributed by atoms with van der Waals surface area (Å²) < 4.78 is 57.3. The molecule has 0 atom stereocenters. The van der Waals surface area contributed by atoms with E-state index in [1.807, 2.05) is 4.90 Å². The summed E-state index contributed by atoms with van der Waals surface area (Å²) in [4.78, 5) is 6.25. The summed E-state index contributed by atoms with van der Waals surface area (Å²) in [6, 6.07) is 10.8. The summed E-state index contributed by atoms with van der Waals surface area (Å²) >= 11 is 0. The summed E-state index contributed by atoms with van der Waals surface area (Å²) in [5.74, 6) is 0.103. The van der Waals surface area contributed by atoms with Crippen LogP contribution in [0.2, 0.25) is 0 Å². The molecule has 0 aliphatic carbocycles. The first kappa shape index (κ1) is 20.5. The zero-order valence-electron chi connectivity index (χ0n) is 15.9. The van der Waals surface area contributed by atoms with Gasteiger partial charge in [-0.2, -0.15) is 18.2 Å². The van der Waals surface area contributed by atoms with Gasteiger partial charge in [0.15, 0.2) is 0 Å². The van der Waals surface area contributed by atoms with Crippen molar-refractivity contribution in [3.05, 3.63) is 71.4 Å². The first-order chi connectivity index (χ1) is 14.2. The number of rotatable bonds is 4. The average molecular weight is 421 g/mol. The number of aliphatic hydroxyl groups is 1. The molecule has 1 fully saturated rings. The number of piperidine rings is 1. The van der Waals surface area contributed by atoms with Crippen LogP contribution in [-0.4, -0.2) is 33.2 Å². The SMILES string of the molecule is OC1(c2ccccc2F)CCN(Cc2nc(-c3ccc(C(F)(F)F)cc3)no2)CC1. The third-order valence-corrected chi connectivity index (χ3v) is 5.36. The van der Waals surface area contributed by atoms with Crippen molar-refractivity contribution in [3.8, 4) is 11.4 Å². The fourth-order valence-electron chi connectivity index (χ4n) is 3.62. The molecular weight excluding hydrogens is 402 g/mol. The highest BCUT2D eigenvalue weighted by molar-refractivity contribution is 5.54.